The van der Waals surface area contributed by atoms with Crippen LogP contribution in [0.25, 0.3) is 0 Å². The molecule has 0 saturated carbocycles. The Morgan fingerprint density at radius 1 is 1.35 bits per heavy atom. The molecule has 1 aromatic rings. The van der Waals surface area contributed by atoms with Crippen molar-refractivity contribution in [2.45, 2.75) is 26.2 Å². The minimum absolute atomic E-state index is 0.229. The fraction of sp³-hybridized carbons (Fsp3) is 0.429. The molecule has 17 heavy (non-hydrogen) atoms. The van der Waals surface area contributed by atoms with Crippen LogP contribution in [0.4, 0.5) is 0 Å². The highest BCUT2D eigenvalue weighted by molar-refractivity contribution is 6.30. The van der Waals surface area contributed by atoms with E-state index in [0.717, 1.165) is 30.2 Å². The van der Waals surface area contributed by atoms with Gasteiger partial charge in [0.1, 0.15) is 0 Å². The number of hydrogen-bond acceptors (Lipinski definition) is 2. The number of rotatable bonds is 6. The lowest BCUT2D eigenvalue weighted by atomic mass is 9.95. The molecule has 1 unspecified atom stereocenters. The number of hydrogen-bond donors (Lipinski definition) is 2. The summed E-state index contributed by atoms with van der Waals surface area (Å²) < 4.78 is 0. The number of allylic oxidation sites excluding steroid dienone is 1. The number of nitrogens with two attached hydrogens (primary N) is 1. The summed E-state index contributed by atoms with van der Waals surface area (Å²) in [6.45, 7) is 6.00. The minimum Gasteiger partial charge on any atom is -0.402 e. The lowest BCUT2D eigenvalue weighted by Gasteiger charge is -2.18. The lowest BCUT2D eigenvalue weighted by molar-refractivity contribution is 0.644. The molecule has 2 nitrogen and oxygen atoms in total. The summed E-state index contributed by atoms with van der Waals surface area (Å²) in [4.78, 5) is 0. The van der Waals surface area contributed by atoms with Gasteiger partial charge in [-0.2, -0.15) is 0 Å². The van der Waals surface area contributed by atoms with Crippen LogP contribution in [0.5, 0.6) is 0 Å². The van der Waals surface area contributed by atoms with Crippen molar-refractivity contribution in [1.29, 1.82) is 0 Å². The van der Waals surface area contributed by atoms with Crippen molar-refractivity contribution >= 4 is 11.6 Å². The molecule has 0 fully saturated rings. The fourth-order valence-electron chi connectivity index (χ4n) is 1.79. The Morgan fingerprint density at radius 3 is 2.53 bits per heavy atom. The first kappa shape index (κ1) is 14.1. The summed E-state index contributed by atoms with van der Waals surface area (Å²) in [5.41, 5.74) is 8.26. The number of halogens is 1. The molecular weight excluding hydrogens is 232 g/mol. The normalized spacial score (nSPS) is 13.7. The van der Waals surface area contributed by atoms with Crippen LogP contribution in [0.3, 0.4) is 0 Å². The third-order valence-corrected chi connectivity index (χ3v) is 2.97. The number of nitrogens with one attached hydrogen (secondary N) is 1. The maximum atomic E-state index is 6.13. The molecular formula is C14H21ClN2. The quantitative estimate of drug-likeness (QED) is 0.816. The number of likely N-dealkylation sites (N-methyl/N-ethyl adjacent to an activating group) is 1. The van der Waals surface area contributed by atoms with E-state index in [9.17, 15) is 0 Å². The van der Waals surface area contributed by atoms with Crippen LogP contribution >= 0.6 is 11.6 Å². The molecule has 1 rings (SSSR count). The zero-order chi connectivity index (χ0) is 12.7. The summed E-state index contributed by atoms with van der Waals surface area (Å²) in [7, 11) is 0. The maximum absolute atomic E-state index is 6.13. The molecule has 0 aliphatic carbocycles. The Labute approximate surface area is 109 Å². The molecule has 0 aliphatic rings. The third-order valence-electron chi connectivity index (χ3n) is 2.71. The molecule has 0 heterocycles. The van der Waals surface area contributed by atoms with Crippen molar-refractivity contribution in [2.75, 3.05) is 13.1 Å². The Balaban J connectivity index is 2.89. The van der Waals surface area contributed by atoms with Gasteiger partial charge in [-0.3, -0.25) is 0 Å². The van der Waals surface area contributed by atoms with E-state index in [0.29, 0.717) is 0 Å². The monoisotopic (exact) mass is 252 g/mol. The van der Waals surface area contributed by atoms with Crippen LogP contribution in [-0.4, -0.2) is 13.1 Å². The number of benzene rings is 1. The molecule has 0 aliphatic heterocycles. The predicted octanol–water partition coefficient (Wildman–Crippen LogP) is 3.29. The van der Waals surface area contributed by atoms with Crippen LogP contribution < -0.4 is 11.1 Å². The van der Waals surface area contributed by atoms with E-state index in [4.69, 9.17) is 17.3 Å². The van der Waals surface area contributed by atoms with Gasteiger partial charge in [0.25, 0.3) is 0 Å². The van der Waals surface area contributed by atoms with E-state index < -0.39 is 0 Å². The first-order valence-electron chi connectivity index (χ1n) is 6.10. The van der Waals surface area contributed by atoms with Gasteiger partial charge in [0.15, 0.2) is 0 Å². The van der Waals surface area contributed by atoms with Gasteiger partial charge in [-0.05, 0) is 30.7 Å². The van der Waals surface area contributed by atoms with Gasteiger partial charge in [0.2, 0.25) is 0 Å². The summed E-state index contributed by atoms with van der Waals surface area (Å²) >= 11 is 5.90. The van der Waals surface area contributed by atoms with Crippen molar-refractivity contribution in [3.05, 3.63) is 46.6 Å². The van der Waals surface area contributed by atoms with Crippen molar-refractivity contribution < 1.29 is 0 Å². The minimum atomic E-state index is 0.229. The SMILES string of the molecule is CC/C=C(\N)C(CNCC)c1ccc(Cl)cc1. The van der Waals surface area contributed by atoms with Crippen LogP contribution in [0.2, 0.25) is 5.02 Å². The first-order valence-corrected chi connectivity index (χ1v) is 6.48. The van der Waals surface area contributed by atoms with Gasteiger partial charge in [-0.25, -0.2) is 0 Å². The largest absolute Gasteiger partial charge is 0.402 e. The molecule has 1 atom stereocenters. The highest BCUT2D eigenvalue weighted by Gasteiger charge is 2.13. The van der Waals surface area contributed by atoms with Gasteiger partial charge in [-0.1, -0.05) is 43.7 Å². The standard InChI is InChI=1S/C14H21ClN2/c1-3-5-14(16)13(10-17-4-2)11-6-8-12(15)9-7-11/h5-9,13,17H,3-4,10,16H2,1-2H3/b14-5-. The zero-order valence-corrected chi connectivity index (χ0v) is 11.3. The second kappa shape index (κ2) is 7.36. The van der Waals surface area contributed by atoms with Crippen molar-refractivity contribution in [2.24, 2.45) is 5.73 Å². The fourth-order valence-corrected chi connectivity index (χ4v) is 1.92. The molecule has 0 saturated heterocycles. The second-order valence-electron chi connectivity index (χ2n) is 4.02. The second-order valence-corrected chi connectivity index (χ2v) is 4.46. The Hall–Kier alpha value is -0.990. The van der Waals surface area contributed by atoms with E-state index in [-0.39, 0.29) is 5.92 Å². The Kier molecular flexibility index (Phi) is 6.09. The van der Waals surface area contributed by atoms with Crippen LogP contribution in [0.15, 0.2) is 36.0 Å². The van der Waals surface area contributed by atoms with E-state index in [1.54, 1.807) is 0 Å². The molecule has 3 heteroatoms. The average Bonchev–Trinajstić information content (AvgIpc) is 2.32. The molecule has 0 spiro atoms. The van der Waals surface area contributed by atoms with Crippen LogP contribution in [0.1, 0.15) is 31.7 Å². The Bertz CT molecular complexity index is 357. The summed E-state index contributed by atoms with van der Waals surface area (Å²) in [5.74, 6) is 0.229. The van der Waals surface area contributed by atoms with E-state index in [1.165, 1.54) is 5.56 Å². The molecule has 0 bridgehead atoms. The van der Waals surface area contributed by atoms with Gasteiger partial charge < -0.3 is 11.1 Å². The van der Waals surface area contributed by atoms with Gasteiger partial charge >= 0.3 is 0 Å². The topological polar surface area (TPSA) is 38.0 Å². The lowest BCUT2D eigenvalue weighted by Crippen LogP contribution is -2.25. The van der Waals surface area contributed by atoms with E-state index in [2.05, 4.69) is 25.2 Å². The third kappa shape index (κ3) is 4.41. The molecule has 1 aromatic carbocycles. The molecule has 0 amide bonds. The van der Waals surface area contributed by atoms with Gasteiger partial charge in [-0.15, -0.1) is 0 Å². The maximum Gasteiger partial charge on any atom is 0.0406 e. The van der Waals surface area contributed by atoms with E-state index in [1.807, 2.05) is 24.3 Å². The van der Waals surface area contributed by atoms with Crippen molar-refractivity contribution in [3.63, 3.8) is 0 Å². The average molecular weight is 253 g/mol. The van der Waals surface area contributed by atoms with Crippen molar-refractivity contribution in [1.82, 2.24) is 5.32 Å². The molecule has 0 radical (unpaired) electrons. The van der Waals surface area contributed by atoms with Crippen LogP contribution in [0, 0.1) is 0 Å². The highest BCUT2D eigenvalue weighted by atomic mass is 35.5. The summed E-state index contributed by atoms with van der Waals surface area (Å²) in [6, 6.07) is 7.91. The van der Waals surface area contributed by atoms with E-state index >= 15 is 0 Å². The zero-order valence-electron chi connectivity index (χ0n) is 10.5. The summed E-state index contributed by atoms with van der Waals surface area (Å²) in [5, 5.41) is 4.11. The van der Waals surface area contributed by atoms with Crippen LogP contribution in [-0.2, 0) is 0 Å². The Morgan fingerprint density at radius 2 is 2.00 bits per heavy atom. The highest BCUT2D eigenvalue weighted by Crippen LogP contribution is 2.22. The van der Waals surface area contributed by atoms with Crippen molar-refractivity contribution in [3.8, 4) is 0 Å². The van der Waals surface area contributed by atoms with Gasteiger partial charge in [0.05, 0.1) is 0 Å². The molecule has 0 aromatic heterocycles. The molecule has 94 valence electrons. The smallest absolute Gasteiger partial charge is 0.0406 e. The predicted molar refractivity (Wildman–Crippen MR) is 75.3 cm³/mol. The molecule has 3 N–H and O–H groups in total. The van der Waals surface area contributed by atoms with Gasteiger partial charge in [0, 0.05) is 23.2 Å². The first-order chi connectivity index (χ1) is 8.19. The summed E-state index contributed by atoms with van der Waals surface area (Å²) in [6.07, 6.45) is 3.04.